The van der Waals surface area contributed by atoms with Crippen molar-refractivity contribution in [2.24, 2.45) is 0 Å². The Morgan fingerprint density at radius 3 is 1.91 bits per heavy atom. The zero-order valence-corrected chi connectivity index (χ0v) is 21.6. The number of fused-ring (bicyclic) bond motifs is 3. The Hall–Kier alpha value is -2.37. The van der Waals surface area contributed by atoms with Crippen LogP contribution in [0, 0.1) is 0 Å². The van der Waals surface area contributed by atoms with Crippen LogP contribution in [0.25, 0.3) is 11.1 Å². The molecule has 0 saturated carbocycles. The topological polar surface area (TPSA) is 42.0 Å². The molecule has 0 spiro atoms. The van der Waals surface area contributed by atoms with Gasteiger partial charge in [0.25, 0.3) is 0 Å². The van der Waals surface area contributed by atoms with Gasteiger partial charge in [-0.3, -0.25) is 4.79 Å². The van der Waals surface area contributed by atoms with E-state index in [0.717, 1.165) is 98.7 Å². The van der Waals surface area contributed by atoms with E-state index in [1.54, 1.807) is 0 Å². The summed E-state index contributed by atoms with van der Waals surface area (Å²) in [5, 5.41) is 0. The van der Waals surface area contributed by atoms with Gasteiger partial charge in [-0.15, -0.1) is 0 Å². The zero-order chi connectivity index (χ0) is 24.3. The molecule has 0 atom stereocenters. The number of ether oxygens (including phenoxy) is 2. The standard InChI is InChI=1S/C29H42N2O3/c1-5-30(6-2)18-9-11-20-33-23-16-17-24-26(22-23)28-25(29(24)32)14-13-15-27(28)34-21-12-10-19-31(7-3)8-4/h13-17,22H,5-12,18-21H2,1-4H3. The van der Waals surface area contributed by atoms with Crippen molar-refractivity contribution in [1.82, 2.24) is 9.80 Å². The van der Waals surface area contributed by atoms with Gasteiger partial charge >= 0.3 is 0 Å². The number of hydrogen-bond donors (Lipinski definition) is 0. The van der Waals surface area contributed by atoms with E-state index in [1.807, 2.05) is 36.4 Å². The van der Waals surface area contributed by atoms with Crippen molar-refractivity contribution in [3.8, 4) is 22.6 Å². The van der Waals surface area contributed by atoms with E-state index < -0.39 is 0 Å². The predicted molar refractivity (Wildman–Crippen MR) is 140 cm³/mol. The van der Waals surface area contributed by atoms with E-state index in [9.17, 15) is 4.79 Å². The highest BCUT2D eigenvalue weighted by molar-refractivity contribution is 6.22. The molecule has 1 aliphatic rings. The monoisotopic (exact) mass is 466 g/mol. The molecule has 0 heterocycles. The average Bonchev–Trinajstić information content (AvgIpc) is 3.15. The third-order valence-corrected chi connectivity index (χ3v) is 6.83. The van der Waals surface area contributed by atoms with E-state index in [4.69, 9.17) is 9.47 Å². The van der Waals surface area contributed by atoms with Crippen LogP contribution in [0.5, 0.6) is 11.5 Å². The second-order valence-electron chi connectivity index (χ2n) is 8.88. The molecular formula is C29H42N2O3. The minimum Gasteiger partial charge on any atom is -0.494 e. The summed E-state index contributed by atoms with van der Waals surface area (Å²) >= 11 is 0. The quantitative estimate of drug-likeness (QED) is 0.246. The SMILES string of the molecule is CCN(CC)CCCCOc1ccc2c(c1)-c1c(OCCCCN(CC)CC)cccc1C2=O. The van der Waals surface area contributed by atoms with Gasteiger partial charge in [-0.2, -0.15) is 0 Å². The van der Waals surface area contributed by atoms with Crippen LogP contribution in [0.2, 0.25) is 0 Å². The lowest BCUT2D eigenvalue weighted by atomic mass is 10.0. The molecule has 0 fully saturated rings. The highest BCUT2D eigenvalue weighted by atomic mass is 16.5. The molecule has 0 amide bonds. The summed E-state index contributed by atoms with van der Waals surface area (Å²) in [6.07, 6.45) is 4.25. The van der Waals surface area contributed by atoms with Crippen LogP contribution < -0.4 is 9.47 Å². The molecule has 0 aliphatic heterocycles. The van der Waals surface area contributed by atoms with E-state index >= 15 is 0 Å². The van der Waals surface area contributed by atoms with Gasteiger partial charge in [0.1, 0.15) is 11.5 Å². The summed E-state index contributed by atoms with van der Waals surface area (Å²) in [5.41, 5.74) is 3.31. The first kappa shape index (κ1) is 26.2. The summed E-state index contributed by atoms with van der Waals surface area (Å²) in [6, 6.07) is 11.6. The third kappa shape index (κ3) is 6.61. The van der Waals surface area contributed by atoms with Crippen LogP contribution in [-0.2, 0) is 0 Å². The van der Waals surface area contributed by atoms with E-state index in [1.165, 1.54) is 0 Å². The zero-order valence-electron chi connectivity index (χ0n) is 21.6. The third-order valence-electron chi connectivity index (χ3n) is 6.83. The Bertz CT molecular complexity index is 920. The number of benzene rings is 2. The van der Waals surface area contributed by atoms with Gasteiger partial charge in [-0.05, 0) is 89.2 Å². The Morgan fingerprint density at radius 1 is 0.676 bits per heavy atom. The van der Waals surface area contributed by atoms with Crippen molar-refractivity contribution >= 4 is 5.78 Å². The highest BCUT2D eigenvalue weighted by Gasteiger charge is 2.30. The van der Waals surface area contributed by atoms with Gasteiger partial charge in [0.05, 0.1) is 13.2 Å². The van der Waals surface area contributed by atoms with Crippen molar-refractivity contribution in [1.29, 1.82) is 0 Å². The maximum atomic E-state index is 13.0. The summed E-state index contributed by atoms with van der Waals surface area (Å²) in [5.74, 6) is 1.68. The van der Waals surface area contributed by atoms with Crippen LogP contribution in [-0.4, -0.2) is 68.1 Å². The van der Waals surface area contributed by atoms with Gasteiger partial charge in [0, 0.05) is 22.3 Å². The largest absolute Gasteiger partial charge is 0.494 e. The molecule has 1 aliphatic carbocycles. The molecule has 0 saturated heterocycles. The lowest BCUT2D eigenvalue weighted by molar-refractivity contribution is 0.104. The second-order valence-corrected chi connectivity index (χ2v) is 8.88. The minimum atomic E-state index is 0.0720. The predicted octanol–water partition coefficient (Wildman–Crippen LogP) is 5.90. The number of ketones is 1. The van der Waals surface area contributed by atoms with Crippen molar-refractivity contribution in [3.05, 3.63) is 47.5 Å². The number of rotatable bonds is 16. The van der Waals surface area contributed by atoms with Crippen molar-refractivity contribution in [2.75, 3.05) is 52.5 Å². The molecule has 2 aromatic carbocycles. The molecule has 5 heteroatoms. The van der Waals surface area contributed by atoms with E-state index in [2.05, 4.69) is 37.5 Å². The van der Waals surface area contributed by atoms with Gasteiger partial charge in [-0.1, -0.05) is 39.8 Å². The molecule has 3 rings (SSSR count). The Morgan fingerprint density at radius 2 is 1.29 bits per heavy atom. The first-order valence-corrected chi connectivity index (χ1v) is 13.1. The van der Waals surface area contributed by atoms with Gasteiger partial charge < -0.3 is 19.3 Å². The number of hydrogen-bond acceptors (Lipinski definition) is 5. The molecule has 0 bridgehead atoms. The Labute approximate surface area is 206 Å². The molecule has 0 N–H and O–H groups in total. The van der Waals surface area contributed by atoms with Crippen LogP contribution in [0.15, 0.2) is 36.4 Å². The van der Waals surface area contributed by atoms with Crippen molar-refractivity contribution in [2.45, 2.75) is 53.4 Å². The molecular weight excluding hydrogens is 424 g/mol. The van der Waals surface area contributed by atoms with Crippen LogP contribution in [0.3, 0.4) is 0 Å². The lowest BCUT2D eigenvalue weighted by Gasteiger charge is -2.18. The van der Waals surface area contributed by atoms with Crippen LogP contribution >= 0.6 is 0 Å². The van der Waals surface area contributed by atoms with Crippen molar-refractivity contribution in [3.63, 3.8) is 0 Å². The summed E-state index contributed by atoms with van der Waals surface area (Å²) < 4.78 is 12.2. The Balaban J connectivity index is 1.60. The number of carbonyl (C=O) groups excluding carboxylic acids is 1. The first-order valence-electron chi connectivity index (χ1n) is 13.1. The maximum Gasteiger partial charge on any atom is 0.194 e. The highest BCUT2D eigenvalue weighted by Crippen LogP contribution is 2.44. The number of nitrogens with zero attached hydrogens (tertiary/aromatic N) is 2. The second kappa shape index (κ2) is 13.5. The molecule has 5 nitrogen and oxygen atoms in total. The van der Waals surface area contributed by atoms with E-state index in [0.29, 0.717) is 13.2 Å². The van der Waals surface area contributed by atoms with Gasteiger partial charge in [-0.25, -0.2) is 0 Å². The smallest absolute Gasteiger partial charge is 0.194 e. The Kier molecular flexibility index (Phi) is 10.4. The number of unbranched alkanes of at least 4 members (excludes halogenated alkanes) is 2. The molecule has 2 aromatic rings. The molecule has 0 unspecified atom stereocenters. The molecule has 186 valence electrons. The molecule has 0 radical (unpaired) electrons. The van der Waals surface area contributed by atoms with Crippen molar-refractivity contribution < 1.29 is 14.3 Å². The molecule has 34 heavy (non-hydrogen) atoms. The summed E-state index contributed by atoms with van der Waals surface area (Å²) in [6.45, 7) is 16.7. The molecule has 0 aromatic heterocycles. The fourth-order valence-corrected chi connectivity index (χ4v) is 4.61. The van der Waals surface area contributed by atoms with Gasteiger partial charge in [0.2, 0.25) is 0 Å². The number of carbonyl (C=O) groups is 1. The van der Waals surface area contributed by atoms with Gasteiger partial charge in [0.15, 0.2) is 5.78 Å². The van der Waals surface area contributed by atoms with E-state index in [-0.39, 0.29) is 5.78 Å². The summed E-state index contributed by atoms with van der Waals surface area (Å²) in [7, 11) is 0. The van der Waals surface area contributed by atoms with Crippen LogP contribution in [0.4, 0.5) is 0 Å². The first-order chi connectivity index (χ1) is 16.6. The minimum absolute atomic E-state index is 0.0720. The maximum absolute atomic E-state index is 13.0. The summed E-state index contributed by atoms with van der Waals surface area (Å²) in [4.78, 5) is 17.8. The lowest BCUT2D eigenvalue weighted by Crippen LogP contribution is -2.24. The average molecular weight is 467 g/mol. The van der Waals surface area contributed by atoms with Crippen LogP contribution in [0.1, 0.15) is 69.3 Å². The normalized spacial score (nSPS) is 12.4. The fourth-order valence-electron chi connectivity index (χ4n) is 4.61. The fraction of sp³-hybridized carbons (Fsp3) is 0.552.